The molecule has 0 atom stereocenters. The highest BCUT2D eigenvalue weighted by atomic mass is 19.4. The second-order valence-electron chi connectivity index (χ2n) is 3.05. The fourth-order valence-corrected chi connectivity index (χ4v) is 1.21. The number of anilines is 1. The molecule has 0 aliphatic heterocycles. The SMILES string of the molecule is Nc1ccc2nnn(C(=O)C(F)(F)F)c2c1. The Balaban J connectivity index is 2.62. The third kappa shape index (κ3) is 1.58. The van der Waals surface area contributed by atoms with Crippen molar-refractivity contribution in [1.29, 1.82) is 0 Å². The highest BCUT2D eigenvalue weighted by Crippen LogP contribution is 2.21. The van der Waals surface area contributed by atoms with Crippen LogP contribution in [0.15, 0.2) is 18.2 Å². The first kappa shape index (κ1) is 10.4. The number of nitrogens with two attached hydrogens (primary N) is 1. The smallest absolute Gasteiger partial charge is 0.399 e. The van der Waals surface area contributed by atoms with E-state index in [4.69, 9.17) is 5.73 Å². The van der Waals surface area contributed by atoms with Gasteiger partial charge in [0.25, 0.3) is 0 Å². The average Bonchev–Trinajstić information content (AvgIpc) is 2.57. The van der Waals surface area contributed by atoms with Gasteiger partial charge >= 0.3 is 12.1 Å². The van der Waals surface area contributed by atoms with Crippen LogP contribution >= 0.6 is 0 Å². The predicted molar refractivity (Wildman–Crippen MR) is 48.6 cm³/mol. The van der Waals surface area contributed by atoms with Crippen molar-refractivity contribution in [1.82, 2.24) is 15.0 Å². The number of benzene rings is 1. The molecular formula is C8H5F3N4O. The van der Waals surface area contributed by atoms with Gasteiger partial charge in [0.1, 0.15) is 11.0 Å². The number of alkyl halides is 3. The van der Waals surface area contributed by atoms with Crippen molar-refractivity contribution in [3.8, 4) is 0 Å². The molecule has 1 aromatic carbocycles. The zero-order valence-corrected chi connectivity index (χ0v) is 7.69. The normalized spacial score (nSPS) is 11.9. The lowest BCUT2D eigenvalue weighted by Crippen LogP contribution is -2.29. The standard InChI is InChI=1S/C8H5F3N4O/c9-8(10,11)7(16)15-6-3-4(12)1-2-5(6)13-14-15/h1-3H,12H2. The van der Waals surface area contributed by atoms with Crippen LogP contribution in [0.25, 0.3) is 11.0 Å². The molecule has 1 heterocycles. The van der Waals surface area contributed by atoms with Gasteiger partial charge in [0.15, 0.2) is 0 Å². The molecule has 0 fully saturated rings. The van der Waals surface area contributed by atoms with Crippen molar-refractivity contribution < 1.29 is 18.0 Å². The number of carbonyl (C=O) groups excluding carboxylic acids is 1. The van der Waals surface area contributed by atoms with Gasteiger partial charge in [-0.15, -0.1) is 5.10 Å². The molecule has 0 bridgehead atoms. The van der Waals surface area contributed by atoms with Crippen LogP contribution in [0.1, 0.15) is 4.79 Å². The third-order valence-electron chi connectivity index (χ3n) is 1.90. The summed E-state index contributed by atoms with van der Waals surface area (Å²) in [6.07, 6.45) is -4.99. The molecule has 0 aliphatic rings. The molecule has 84 valence electrons. The number of fused-ring (bicyclic) bond motifs is 1. The second kappa shape index (κ2) is 3.19. The average molecular weight is 230 g/mol. The second-order valence-corrected chi connectivity index (χ2v) is 3.05. The maximum Gasteiger partial charge on any atom is 0.473 e. The van der Waals surface area contributed by atoms with Gasteiger partial charge in [0.05, 0.1) is 0 Å². The highest BCUT2D eigenvalue weighted by molar-refractivity contribution is 5.92. The van der Waals surface area contributed by atoms with Crippen LogP contribution in [0.4, 0.5) is 18.9 Å². The minimum absolute atomic E-state index is 0.0673. The highest BCUT2D eigenvalue weighted by Gasteiger charge is 2.41. The molecule has 16 heavy (non-hydrogen) atoms. The summed E-state index contributed by atoms with van der Waals surface area (Å²) in [4.78, 5) is 10.9. The zero-order valence-electron chi connectivity index (χ0n) is 7.69. The van der Waals surface area contributed by atoms with Crippen LogP contribution in [0, 0.1) is 0 Å². The number of carbonyl (C=O) groups is 1. The maximum atomic E-state index is 12.2. The van der Waals surface area contributed by atoms with Gasteiger partial charge in [-0.2, -0.15) is 17.9 Å². The zero-order chi connectivity index (χ0) is 11.9. The Morgan fingerprint density at radius 1 is 1.38 bits per heavy atom. The number of aromatic nitrogens is 3. The summed E-state index contributed by atoms with van der Waals surface area (Å²) >= 11 is 0. The van der Waals surface area contributed by atoms with E-state index in [1.807, 2.05) is 0 Å². The molecule has 0 unspecified atom stereocenters. The Morgan fingerprint density at radius 2 is 2.06 bits per heavy atom. The van der Waals surface area contributed by atoms with Crippen LogP contribution in [0.5, 0.6) is 0 Å². The quantitative estimate of drug-likeness (QED) is 0.690. The predicted octanol–water partition coefficient (Wildman–Crippen LogP) is 1.22. The molecule has 2 rings (SSSR count). The van der Waals surface area contributed by atoms with Crippen LogP contribution < -0.4 is 5.73 Å². The minimum Gasteiger partial charge on any atom is -0.399 e. The summed E-state index contributed by atoms with van der Waals surface area (Å²) < 4.78 is 36.7. The van der Waals surface area contributed by atoms with E-state index in [-0.39, 0.29) is 21.4 Å². The Bertz CT molecular complexity index is 560. The Hall–Kier alpha value is -2.12. The number of rotatable bonds is 0. The maximum absolute atomic E-state index is 12.2. The fourth-order valence-electron chi connectivity index (χ4n) is 1.21. The van der Waals surface area contributed by atoms with Crippen molar-refractivity contribution in [2.45, 2.75) is 6.18 Å². The number of nitrogen functional groups attached to an aromatic ring is 1. The summed E-state index contributed by atoms with van der Waals surface area (Å²) in [6, 6.07) is 4.05. The molecule has 8 heteroatoms. The van der Waals surface area contributed by atoms with Crippen LogP contribution in [0.3, 0.4) is 0 Å². The number of hydrogen-bond acceptors (Lipinski definition) is 4. The van der Waals surface area contributed by atoms with Gasteiger partial charge < -0.3 is 5.73 Å². The lowest BCUT2D eigenvalue weighted by atomic mass is 10.3. The summed E-state index contributed by atoms with van der Waals surface area (Å²) in [5, 5.41) is 6.58. The van der Waals surface area contributed by atoms with Crippen molar-refractivity contribution in [2.75, 3.05) is 5.73 Å². The molecule has 0 saturated carbocycles. The van der Waals surface area contributed by atoms with Gasteiger partial charge in [0, 0.05) is 5.69 Å². The van der Waals surface area contributed by atoms with Gasteiger partial charge in [0.2, 0.25) is 0 Å². The number of nitrogens with zero attached hydrogens (tertiary/aromatic N) is 3. The Morgan fingerprint density at radius 3 is 2.69 bits per heavy atom. The number of halogens is 3. The van der Waals surface area contributed by atoms with E-state index in [1.165, 1.54) is 18.2 Å². The summed E-state index contributed by atoms with van der Waals surface area (Å²) in [6.45, 7) is 0. The molecule has 2 aromatic rings. The molecule has 2 N–H and O–H groups in total. The first-order valence-electron chi connectivity index (χ1n) is 4.12. The molecule has 0 spiro atoms. The fraction of sp³-hybridized carbons (Fsp3) is 0.125. The van der Waals surface area contributed by atoms with E-state index in [0.717, 1.165) is 0 Å². The van der Waals surface area contributed by atoms with Gasteiger partial charge in [-0.25, -0.2) is 0 Å². The Labute approximate surface area is 86.6 Å². The molecule has 0 saturated heterocycles. The van der Waals surface area contributed by atoms with E-state index < -0.39 is 12.1 Å². The molecular weight excluding hydrogens is 225 g/mol. The van der Waals surface area contributed by atoms with E-state index in [1.54, 1.807) is 0 Å². The molecule has 0 aliphatic carbocycles. The van der Waals surface area contributed by atoms with E-state index in [0.29, 0.717) is 0 Å². The van der Waals surface area contributed by atoms with Crippen molar-refractivity contribution in [3.05, 3.63) is 18.2 Å². The molecule has 1 aromatic heterocycles. The monoisotopic (exact) mass is 230 g/mol. The Kier molecular flexibility index (Phi) is 2.07. The molecule has 0 radical (unpaired) electrons. The molecule has 5 nitrogen and oxygen atoms in total. The largest absolute Gasteiger partial charge is 0.473 e. The van der Waals surface area contributed by atoms with Crippen molar-refractivity contribution in [3.63, 3.8) is 0 Å². The lowest BCUT2D eigenvalue weighted by Gasteiger charge is -2.04. The lowest BCUT2D eigenvalue weighted by molar-refractivity contribution is -0.0953. The first-order chi connectivity index (χ1) is 7.39. The van der Waals surface area contributed by atoms with Gasteiger partial charge in [-0.3, -0.25) is 4.79 Å². The topological polar surface area (TPSA) is 73.8 Å². The van der Waals surface area contributed by atoms with E-state index >= 15 is 0 Å². The third-order valence-corrected chi connectivity index (χ3v) is 1.90. The van der Waals surface area contributed by atoms with Gasteiger partial charge in [-0.1, -0.05) is 5.21 Å². The van der Waals surface area contributed by atoms with Gasteiger partial charge in [-0.05, 0) is 18.2 Å². The number of hydrogen-bond donors (Lipinski definition) is 1. The summed E-state index contributed by atoms with van der Waals surface area (Å²) in [7, 11) is 0. The summed E-state index contributed by atoms with van der Waals surface area (Å²) in [5.74, 6) is -2.10. The molecule has 0 amide bonds. The van der Waals surface area contributed by atoms with Crippen LogP contribution in [0.2, 0.25) is 0 Å². The van der Waals surface area contributed by atoms with Crippen LogP contribution in [-0.2, 0) is 0 Å². The van der Waals surface area contributed by atoms with E-state index in [2.05, 4.69) is 10.3 Å². The summed E-state index contributed by atoms with van der Waals surface area (Å²) in [5.41, 5.74) is 5.73. The van der Waals surface area contributed by atoms with Crippen LogP contribution in [-0.4, -0.2) is 27.1 Å². The van der Waals surface area contributed by atoms with Crippen molar-refractivity contribution in [2.24, 2.45) is 0 Å². The van der Waals surface area contributed by atoms with E-state index in [9.17, 15) is 18.0 Å². The minimum atomic E-state index is -4.99. The first-order valence-corrected chi connectivity index (χ1v) is 4.12. The van der Waals surface area contributed by atoms with Crippen molar-refractivity contribution >= 4 is 22.6 Å².